The Kier molecular flexibility index (Phi) is 15.5. The van der Waals surface area contributed by atoms with Crippen LogP contribution in [0, 0.1) is 22.7 Å². The van der Waals surface area contributed by atoms with Gasteiger partial charge in [-0.2, -0.15) is 10.5 Å². The molecule has 0 aliphatic heterocycles. The quantitative estimate of drug-likeness (QED) is 0.114. The molecule has 0 spiro atoms. The second-order valence-corrected chi connectivity index (χ2v) is 27.6. The number of nitrogens with zero attached hydrogens (tertiary/aromatic N) is 8. The van der Waals surface area contributed by atoms with Crippen molar-refractivity contribution in [2.75, 3.05) is 0 Å². The van der Waals surface area contributed by atoms with E-state index in [0.29, 0.717) is 45.3 Å². The van der Waals surface area contributed by atoms with E-state index >= 15 is 0 Å². The molecule has 20 aromatic rings. The van der Waals surface area contributed by atoms with E-state index in [-0.39, 0.29) is 0 Å². The zero-order valence-corrected chi connectivity index (χ0v) is 58.9. The zero-order valence-electron chi connectivity index (χ0n) is 58.9. The van der Waals surface area contributed by atoms with Crippen LogP contribution in [0.1, 0.15) is 11.1 Å². The predicted octanol–water partition coefficient (Wildman–Crippen LogP) is 25.6. The van der Waals surface area contributed by atoms with Crippen LogP contribution in [0.3, 0.4) is 0 Å². The molecule has 0 radical (unpaired) electrons. The van der Waals surface area contributed by atoms with E-state index in [1.54, 1.807) is 0 Å². The van der Waals surface area contributed by atoms with Crippen molar-refractivity contribution in [1.82, 2.24) is 28.7 Å². The van der Waals surface area contributed by atoms with Gasteiger partial charge in [0.05, 0.1) is 56.0 Å². The molecule has 506 valence electrons. The van der Waals surface area contributed by atoms with Gasteiger partial charge in [0.1, 0.15) is 6.07 Å². The molecule has 0 saturated carbocycles. The van der Waals surface area contributed by atoms with Crippen LogP contribution in [0.25, 0.3) is 195 Å². The van der Waals surface area contributed by atoms with Crippen LogP contribution < -0.4 is 0 Å². The van der Waals surface area contributed by atoms with Gasteiger partial charge in [-0.3, -0.25) is 0 Å². The SMILES string of the molecule is N#Cc1ccc(-n2c3ccc(-c4ccccc4)cc3c3cc(-c4ccccc4)ccc32)cc1-c1nc(-c2ccccc2)nc(-c2cc(-n3c4ccc(-c5ccccc5)cc4c4cc(-c5ccccc5)ccc43)ccc2-c2cccc(-n3c4ccc(-c5ccccc5)cc4c4cc(-c5ccccc5)ccc43)c2C#N)n1. The van der Waals surface area contributed by atoms with Crippen LogP contribution >= 0.6 is 0 Å². The van der Waals surface area contributed by atoms with Gasteiger partial charge in [-0.25, -0.2) is 15.0 Å². The topological polar surface area (TPSA) is 101 Å². The van der Waals surface area contributed by atoms with Crippen LogP contribution in [0.4, 0.5) is 0 Å². The van der Waals surface area contributed by atoms with Gasteiger partial charge in [0, 0.05) is 65.9 Å². The minimum atomic E-state index is 0.306. The van der Waals surface area contributed by atoms with E-state index in [1.165, 1.54) is 0 Å². The highest BCUT2D eigenvalue weighted by Crippen LogP contribution is 2.46. The number of benzene rings is 16. The predicted molar refractivity (Wildman–Crippen MR) is 447 cm³/mol. The molecule has 0 aliphatic rings. The smallest absolute Gasteiger partial charge is 0.165 e. The van der Waals surface area contributed by atoms with Gasteiger partial charge in [-0.05, 0) is 182 Å². The van der Waals surface area contributed by atoms with Gasteiger partial charge in [0.25, 0.3) is 0 Å². The minimum Gasteiger partial charge on any atom is -0.309 e. The Hall–Kier alpha value is -15.1. The first-order valence-electron chi connectivity index (χ1n) is 36.6. The summed E-state index contributed by atoms with van der Waals surface area (Å²) in [6.07, 6.45) is 0. The Morgan fingerprint density at radius 2 is 0.505 bits per heavy atom. The van der Waals surface area contributed by atoms with E-state index in [1.807, 2.05) is 72.8 Å². The summed E-state index contributed by atoms with van der Waals surface area (Å²) in [4.78, 5) is 16.6. The average molecular weight is 1390 g/mol. The van der Waals surface area contributed by atoms with Gasteiger partial charge in [-0.1, -0.05) is 267 Å². The maximum atomic E-state index is 12.2. The molecule has 0 atom stereocenters. The van der Waals surface area contributed by atoms with Crippen LogP contribution in [0.15, 0.2) is 376 Å². The third-order valence-corrected chi connectivity index (χ3v) is 21.4. The summed E-state index contributed by atoms with van der Waals surface area (Å²) in [5.41, 5.74) is 25.8. The molecule has 0 fully saturated rings. The summed E-state index contributed by atoms with van der Waals surface area (Å²) in [5.74, 6) is 1.06. The number of nitriles is 2. The average Bonchev–Trinajstić information content (AvgIpc) is 1.61. The van der Waals surface area contributed by atoms with Gasteiger partial charge in [0.15, 0.2) is 17.5 Å². The number of hydrogen-bond acceptors (Lipinski definition) is 5. The van der Waals surface area contributed by atoms with Crippen LogP contribution in [-0.2, 0) is 0 Å². The van der Waals surface area contributed by atoms with Crippen LogP contribution in [-0.4, -0.2) is 28.7 Å². The molecule has 20 rings (SSSR count). The molecule has 8 heteroatoms. The Bertz CT molecular complexity index is 6780. The van der Waals surface area contributed by atoms with Crippen molar-refractivity contribution < 1.29 is 0 Å². The van der Waals surface area contributed by atoms with Crippen LogP contribution in [0.5, 0.6) is 0 Å². The minimum absolute atomic E-state index is 0.306. The monoisotopic (exact) mass is 1390 g/mol. The van der Waals surface area contributed by atoms with Gasteiger partial charge < -0.3 is 13.7 Å². The fraction of sp³-hybridized carbons (Fsp3) is 0. The molecule has 16 aromatic carbocycles. The summed E-state index contributed by atoms with van der Waals surface area (Å²) in [6.45, 7) is 0. The van der Waals surface area contributed by atoms with Crippen molar-refractivity contribution in [3.63, 3.8) is 0 Å². The van der Waals surface area contributed by atoms with Crippen molar-refractivity contribution in [2.24, 2.45) is 0 Å². The van der Waals surface area contributed by atoms with E-state index in [4.69, 9.17) is 15.0 Å². The Labute approximate surface area is 629 Å². The number of rotatable bonds is 13. The first-order chi connectivity index (χ1) is 53.9. The van der Waals surface area contributed by atoms with E-state index < -0.39 is 0 Å². The lowest BCUT2D eigenvalue weighted by molar-refractivity contribution is 1.07. The first-order valence-corrected chi connectivity index (χ1v) is 36.6. The Morgan fingerprint density at radius 1 is 0.202 bits per heavy atom. The highest BCUT2D eigenvalue weighted by Gasteiger charge is 2.26. The van der Waals surface area contributed by atoms with Gasteiger partial charge in [0.2, 0.25) is 0 Å². The molecular formula is C101H62N8. The molecule has 0 N–H and O–H groups in total. The summed E-state index contributed by atoms with van der Waals surface area (Å²) in [5, 5.41) is 30.1. The summed E-state index contributed by atoms with van der Waals surface area (Å²) >= 11 is 0. The molecule has 4 heterocycles. The Balaban J connectivity index is 0.833. The summed E-state index contributed by atoms with van der Waals surface area (Å²) in [6, 6.07) is 137. The third-order valence-electron chi connectivity index (χ3n) is 21.4. The zero-order chi connectivity index (χ0) is 72.5. The van der Waals surface area contributed by atoms with Crippen molar-refractivity contribution in [3.05, 3.63) is 387 Å². The number of hydrogen-bond donors (Lipinski definition) is 0. The van der Waals surface area contributed by atoms with Crippen molar-refractivity contribution in [3.8, 4) is 141 Å². The maximum Gasteiger partial charge on any atom is 0.165 e. The molecule has 0 unspecified atom stereocenters. The summed E-state index contributed by atoms with van der Waals surface area (Å²) < 4.78 is 6.88. The Morgan fingerprint density at radius 3 is 0.844 bits per heavy atom. The number of fused-ring (bicyclic) bond motifs is 9. The largest absolute Gasteiger partial charge is 0.309 e. The van der Waals surface area contributed by atoms with Crippen molar-refractivity contribution in [2.45, 2.75) is 0 Å². The normalized spacial score (nSPS) is 11.5. The van der Waals surface area contributed by atoms with E-state index in [9.17, 15) is 10.5 Å². The number of aromatic nitrogens is 6. The third kappa shape index (κ3) is 11.1. The molecule has 109 heavy (non-hydrogen) atoms. The second-order valence-electron chi connectivity index (χ2n) is 27.6. The lowest BCUT2D eigenvalue weighted by atomic mass is 9.93. The molecule has 0 saturated heterocycles. The standard InChI is InChI=1S/C101H62N8/c102-63-78-39-46-79(107-93-49-40-72(65-23-8-1-9-24-65)55-84(93)85-56-73(41-50-94(85)107)66-25-10-2-11-26-66)61-83(78)100-104-99(71-35-20-7-21-36-71)105-101(106-100)90-62-80(108-95-51-42-74(67-27-12-3-13-28-67)57-86(95)87-58-75(43-52-96(87)108)68-29-14-4-15-30-68)47-48-82(90)81-37-22-38-92(91(81)64-103)109-97-53-44-76(69-31-16-5-17-32-69)59-88(97)89-60-77(45-54-98(89)109)70-33-18-6-19-34-70/h1-62H. The molecule has 4 aromatic heterocycles. The first kappa shape index (κ1) is 63.6. The van der Waals surface area contributed by atoms with Crippen molar-refractivity contribution >= 4 is 65.4 Å². The van der Waals surface area contributed by atoms with Crippen LogP contribution in [0.2, 0.25) is 0 Å². The van der Waals surface area contributed by atoms with E-state index in [0.717, 1.165) is 160 Å². The molecular weight excluding hydrogens is 1330 g/mol. The fourth-order valence-electron chi connectivity index (χ4n) is 16.2. The van der Waals surface area contributed by atoms with Gasteiger partial charge in [-0.15, -0.1) is 0 Å². The van der Waals surface area contributed by atoms with Crippen molar-refractivity contribution in [1.29, 1.82) is 10.5 Å². The molecule has 0 amide bonds. The lowest BCUT2D eigenvalue weighted by Gasteiger charge is -2.18. The lowest BCUT2D eigenvalue weighted by Crippen LogP contribution is -2.05. The molecule has 0 bridgehead atoms. The van der Waals surface area contributed by atoms with Gasteiger partial charge >= 0.3 is 0 Å². The fourth-order valence-corrected chi connectivity index (χ4v) is 16.2. The summed E-state index contributed by atoms with van der Waals surface area (Å²) in [7, 11) is 0. The maximum absolute atomic E-state index is 12.2. The molecule has 8 nitrogen and oxygen atoms in total. The highest BCUT2D eigenvalue weighted by atomic mass is 15.0. The second kappa shape index (κ2) is 26.6. The van der Waals surface area contributed by atoms with E-state index in [2.05, 4.69) is 329 Å². The molecule has 0 aliphatic carbocycles. The highest BCUT2D eigenvalue weighted by molar-refractivity contribution is 6.15.